The predicted molar refractivity (Wildman–Crippen MR) is 113 cm³/mol. The lowest BCUT2D eigenvalue weighted by Crippen LogP contribution is -2.56. The summed E-state index contributed by atoms with van der Waals surface area (Å²) in [4.78, 5) is 76.5. The van der Waals surface area contributed by atoms with Crippen LogP contribution in [-0.2, 0) is 35.0 Å². The molecule has 0 saturated heterocycles. The number of phosphoric ester groups is 1. The molecule has 0 aliphatic rings. The van der Waals surface area contributed by atoms with E-state index in [1.165, 1.54) is 38.1 Å². The van der Waals surface area contributed by atoms with Gasteiger partial charge < -0.3 is 31.9 Å². The first-order chi connectivity index (χ1) is 15.2. The molecule has 0 radical (unpaired) electrons. The SMILES string of the molecule is CC(=O)N[C@@H](Cc1ccc(OP(=O)(O)O)cc1)C(=O)N[C@@H](C)C(=O)N[C@@H](CC(N)=O)C(N)=O. The number of hydrogen-bond donors (Lipinski definition) is 7. The number of carbonyl (C=O) groups excluding carboxylic acids is 5. The Balaban J connectivity index is 2.85. The van der Waals surface area contributed by atoms with Gasteiger partial charge in [-0.05, 0) is 24.6 Å². The van der Waals surface area contributed by atoms with Crippen molar-refractivity contribution in [2.45, 2.75) is 44.8 Å². The summed E-state index contributed by atoms with van der Waals surface area (Å²) < 4.78 is 15.3. The van der Waals surface area contributed by atoms with Gasteiger partial charge in [-0.25, -0.2) is 4.57 Å². The van der Waals surface area contributed by atoms with E-state index >= 15 is 0 Å². The molecule has 1 aromatic rings. The first kappa shape index (κ1) is 27.6. The lowest BCUT2D eigenvalue weighted by atomic mass is 10.0. The van der Waals surface area contributed by atoms with E-state index in [-0.39, 0.29) is 12.2 Å². The molecule has 9 N–H and O–H groups in total. The number of nitrogens with two attached hydrogens (primary N) is 2. The van der Waals surface area contributed by atoms with Crippen molar-refractivity contribution < 1.29 is 42.8 Å². The molecule has 0 unspecified atom stereocenters. The highest BCUT2D eigenvalue weighted by atomic mass is 31.2. The molecular formula is C18H26N5O9P. The minimum absolute atomic E-state index is 0.0263. The molecule has 0 bridgehead atoms. The van der Waals surface area contributed by atoms with Crippen LogP contribution in [0.5, 0.6) is 5.75 Å². The molecular weight excluding hydrogens is 461 g/mol. The van der Waals surface area contributed by atoms with Gasteiger partial charge in [0.15, 0.2) is 0 Å². The minimum Gasteiger partial charge on any atom is -0.404 e. The molecule has 15 heteroatoms. The number of phosphoric acid groups is 1. The monoisotopic (exact) mass is 487 g/mol. The van der Waals surface area contributed by atoms with Gasteiger partial charge in [-0.15, -0.1) is 0 Å². The van der Waals surface area contributed by atoms with E-state index < -0.39 is 61.9 Å². The van der Waals surface area contributed by atoms with E-state index in [1.54, 1.807) is 0 Å². The average molecular weight is 487 g/mol. The highest BCUT2D eigenvalue weighted by Crippen LogP contribution is 2.37. The van der Waals surface area contributed by atoms with Gasteiger partial charge in [0.2, 0.25) is 29.5 Å². The number of amides is 5. The maximum absolute atomic E-state index is 12.7. The van der Waals surface area contributed by atoms with Crippen molar-refractivity contribution >= 4 is 37.4 Å². The summed E-state index contributed by atoms with van der Waals surface area (Å²) >= 11 is 0. The first-order valence-electron chi connectivity index (χ1n) is 9.47. The molecule has 0 heterocycles. The highest BCUT2D eigenvalue weighted by Gasteiger charge is 2.27. The van der Waals surface area contributed by atoms with Crippen LogP contribution in [0.25, 0.3) is 0 Å². The minimum atomic E-state index is -4.73. The Labute approximate surface area is 188 Å². The molecule has 0 fully saturated rings. The second-order valence-corrected chi connectivity index (χ2v) is 8.21. The van der Waals surface area contributed by atoms with Crippen molar-refractivity contribution in [3.63, 3.8) is 0 Å². The maximum Gasteiger partial charge on any atom is 0.524 e. The largest absolute Gasteiger partial charge is 0.524 e. The number of benzene rings is 1. The fourth-order valence-electron chi connectivity index (χ4n) is 2.61. The van der Waals surface area contributed by atoms with Crippen LogP contribution in [0.3, 0.4) is 0 Å². The van der Waals surface area contributed by atoms with Crippen LogP contribution in [0.4, 0.5) is 0 Å². The Kier molecular flexibility index (Phi) is 9.98. The number of nitrogens with one attached hydrogen (secondary N) is 3. The van der Waals surface area contributed by atoms with Crippen LogP contribution in [0, 0.1) is 0 Å². The van der Waals surface area contributed by atoms with Crippen LogP contribution in [-0.4, -0.2) is 57.4 Å². The Morgan fingerprint density at radius 2 is 1.55 bits per heavy atom. The summed E-state index contributed by atoms with van der Waals surface area (Å²) in [5, 5.41) is 7.03. The number of carbonyl (C=O) groups is 5. The van der Waals surface area contributed by atoms with Gasteiger partial charge in [0.1, 0.15) is 23.9 Å². The van der Waals surface area contributed by atoms with Gasteiger partial charge in [0.25, 0.3) is 0 Å². The molecule has 33 heavy (non-hydrogen) atoms. The fraction of sp³-hybridized carbons (Fsp3) is 0.389. The van der Waals surface area contributed by atoms with Crippen molar-refractivity contribution in [1.29, 1.82) is 0 Å². The standard InChI is InChI=1S/C18H26N5O9P/c1-9(17(27)23-13(16(20)26)8-15(19)25)21-18(28)14(22-10(2)24)7-11-3-5-12(6-4-11)32-33(29,30)31/h3-6,9,13-14H,7-8H2,1-2H3,(H2,19,25)(H2,20,26)(H,21,28)(H,22,24)(H,23,27)(H2,29,30,31)/t9-,13-,14-/m0/s1. The molecule has 0 aliphatic heterocycles. The van der Waals surface area contributed by atoms with Crippen molar-refractivity contribution in [3.8, 4) is 5.75 Å². The third-order valence-electron chi connectivity index (χ3n) is 4.10. The number of rotatable bonds is 12. The molecule has 0 aromatic heterocycles. The zero-order valence-electron chi connectivity index (χ0n) is 17.8. The zero-order valence-corrected chi connectivity index (χ0v) is 18.7. The molecule has 0 saturated carbocycles. The van der Waals surface area contributed by atoms with E-state index in [0.29, 0.717) is 5.56 Å². The normalized spacial score (nSPS) is 13.7. The van der Waals surface area contributed by atoms with Crippen molar-refractivity contribution in [3.05, 3.63) is 29.8 Å². The fourth-order valence-corrected chi connectivity index (χ4v) is 3.01. The Morgan fingerprint density at radius 1 is 0.970 bits per heavy atom. The molecule has 14 nitrogen and oxygen atoms in total. The smallest absolute Gasteiger partial charge is 0.404 e. The summed E-state index contributed by atoms with van der Waals surface area (Å²) in [5.74, 6) is -4.01. The molecule has 182 valence electrons. The van der Waals surface area contributed by atoms with Gasteiger partial charge in [-0.3, -0.25) is 33.8 Å². The highest BCUT2D eigenvalue weighted by molar-refractivity contribution is 7.46. The van der Waals surface area contributed by atoms with Crippen molar-refractivity contribution in [2.75, 3.05) is 0 Å². The zero-order chi connectivity index (χ0) is 25.3. The van der Waals surface area contributed by atoms with Crippen LogP contribution in [0.15, 0.2) is 24.3 Å². The van der Waals surface area contributed by atoms with Crippen LogP contribution in [0.1, 0.15) is 25.8 Å². The van der Waals surface area contributed by atoms with E-state index in [2.05, 4.69) is 20.5 Å². The average Bonchev–Trinajstić information content (AvgIpc) is 2.66. The van der Waals surface area contributed by atoms with Gasteiger partial charge in [0, 0.05) is 13.3 Å². The van der Waals surface area contributed by atoms with E-state index in [9.17, 15) is 28.5 Å². The van der Waals surface area contributed by atoms with Gasteiger partial charge >= 0.3 is 7.82 Å². The predicted octanol–water partition coefficient (Wildman–Crippen LogP) is -2.44. The lowest BCUT2D eigenvalue weighted by Gasteiger charge is -2.22. The summed E-state index contributed by atoms with van der Waals surface area (Å²) in [6, 6.07) is 1.79. The molecule has 3 atom stereocenters. The van der Waals surface area contributed by atoms with E-state index in [1.807, 2.05) is 0 Å². The van der Waals surface area contributed by atoms with Gasteiger partial charge in [0.05, 0.1) is 6.42 Å². The second-order valence-electron chi connectivity index (χ2n) is 7.05. The van der Waals surface area contributed by atoms with Crippen LogP contribution < -0.4 is 31.9 Å². The topological polar surface area (TPSA) is 240 Å². The van der Waals surface area contributed by atoms with Gasteiger partial charge in [-0.1, -0.05) is 12.1 Å². The maximum atomic E-state index is 12.7. The van der Waals surface area contributed by atoms with Crippen LogP contribution in [0.2, 0.25) is 0 Å². The van der Waals surface area contributed by atoms with Crippen LogP contribution >= 0.6 is 7.82 Å². The summed E-state index contributed by atoms with van der Waals surface area (Å²) in [5.41, 5.74) is 10.6. The van der Waals surface area contributed by atoms with E-state index in [0.717, 1.165) is 0 Å². The van der Waals surface area contributed by atoms with Crippen molar-refractivity contribution in [2.24, 2.45) is 11.5 Å². The molecule has 5 amide bonds. The summed E-state index contributed by atoms with van der Waals surface area (Å²) in [6.07, 6.45) is -0.542. The lowest BCUT2D eigenvalue weighted by molar-refractivity contribution is -0.133. The second kappa shape index (κ2) is 11.9. The first-order valence-corrected chi connectivity index (χ1v) is 11.0. The third-order valence-corrected chi connectivity index (χ3v) is 4.55. The molecule has 1 rings (SSSR count). The Hall–Kier alpha value is -3.48. The molecule has 0 spiro atoms. The number of primary amides is 2. The summed E-state index contributed by atoms with van der Waals surface area (Å²) in [7, 11) is -4.73. The van der Waals surface area contributed by atoms with E-state index in [4.69, 9.17) is 21.3 Å². The molecule has 1 aromatic carbocycles. The number of hydrogen-bond acceptors (Lipinski definition) is 7. The summed E-state index contributed by atoms with van der Waals surface area (Å²) in [6.45, 7) is 2.50. The molecule has 0 aliphatic carbocycles. The quantitative estimate of drug-likeness (QED) is 0.155. The Morgan fingerprint density at radius 3 is 2.00 bits per heavy atom. The van der Waals surface area contributed by atoms with Gasteiger partial charge in [-0.2, -0.15) is 0 Å². The van der Waals surface area contributed by atoms with Crippen molar-refractivity contribution in [1.82, 2.24) is 16.0 Å². The third kappa shape index (κ3) is 10.6. The Bertz CT molecular complexity index is 947.